The van der Waals surface area contributed by atoms with Gasteiger partial charge in [-0.1, -0.05) is 0 Å². The number of aromatic nitrogens is 2. The summed E-state index contributed by atoms with van der Waals surface area (Å²) in [4.78, 5) is 10.3. The molecule has 1 saturated carbocycles. The summed E-state index contributed by atoms with van der Waals surface area (Å²) in [6, 6.07) is 7.67. The minimum Gasteiger partial charge on any atom is -0.378 e. The first-order valence-corrected chi connectivity index (χ1v) is 10.5. The highest BCUT2D eigenvalue weighted by Crippen LogP contribution is 2.35. The molecule has 1 saturated heterocycles. The zero-order valence-corrected chi connectivity index (χ0v) is 17.2. The van der Waals surface area contributed by atoms with Crippen molar-refractivity contribution in [2.45, 2.75) is 43.9 Å². The van der Waals surface area contributed by atoms with Gasteiger partial charge in [0.1, 0.15) is 11.4 Å². The number of hydrogen-bond acceptors (Lipinski definition) is 7. The molecule has 1 aromatic heterocycles. The molecule has 4 N–H and O–H groups in total. The van der Waals surface area contributed by atoms with Gasteiger partial charge in [-0.15, -0.1) is 0 Å². The van der Waals surface area contributed by atoms with E-state index in [1.165, 1.54) is 0 Å². The van der Waals surface area contributed by atoms with Gasteiger partial charge in [-0.25, -0.2) is 4.98 Å². The van der Waals surface area contributed by atoms with E-state index in [1.54, 1.807) is 0 Å². The van der Waals surface area contributed by atoms with Gasteiger partial charge in [0.05, 0.1) is 13.2 Å². The van der Waals surface area contributed by atoms with Crippen molar-refractivity contribution in [3.8, 4) is 0 Å². The largest absolute Gasteiger partial charge is 0.421 e. The molecular weight excluding hydrogens is 409 g/mol. The van der Waals surface area contributed by atoms with Crippen LogP contribution in [0.5, 0.6) is 0 Å². The molecule has 4 rings (SSSR count). The van der Waals surface area contributed by atoms with E-state index >= 15 is 0 Å². The van der Waals surface area contributed by atoms with E-state index in [0.29, 0.717) is 31.7 Å². The van der Waals surface area contributed by atoms with Crippen LogP contribution >= 0.6 is 0 Å². The Kier molecular flexibility index (Phi) is 6.47. The molecule has 7 nitrogen and oxygen atoms in total. The van der Waals surface area contributed by atoms with Gasteiger partial charge >= 0.3 is 6.18 Å². The predicted octanol–water partition coefficient (Wildman–Crippen LogP) is 3.76. The highest BCUT2D eigenvalue weighted by Gasteiger charge is 2.36. The second-order valence-corrected chi connectivity index (χ2v) is 7.98. The number of nitrogens with one attached hydrogen (secondary N) is 2. The molecule has 168 valence electrons. The van der Waals surface area contributed by atoms with E-state index < -0.39 is 11.7 Å². The van der Waals surface area contributed by atoms with Gasteiger partial charge in [0.25, 0.3) is 0 Å². The van der Waals surface area contributed by atoms with Gasteiger partial charge in [0, 0.05) is 42.7 Å². The van der Waals surface area contributed by atoms with Crippen LogP contribution in [-0.2, 0) is 10.9 Å². The maximum absolute atomic E-state index is 13.5. The van der Waals surface area contributed by atoms with Gasteiger partial charge in [-0.05, 0) is 49.9 Å². The van der Waals surface area contributed by atoms with Crippen molar-refractivity contribution in [1.82, 2.24) is 9.97 Å². The highest BCUT2D eigenvalue weighted by atomic mass is 19.4. The maximum Gasteiger partial charge on any atom is 0.421 e. The van der Waals surface area contributed by atoms with E-state index in [-0.39, 0.29) is 23.8 Å². The van der Waals surface area contributed by atoms with Crippen LogP contribution in [0.1, 0.15) is 31.2 Å². The predicted molar refractivity (Wildman–Crippen MR) is 114 cm³/mol. The van der Waals surface area contributed by atoms with E-state index in [2.05, 4.69) is 25.5 Å². The number of nitrogens with zero attached hydrogens (tertiary/aromatic N) is 3. The Hall–Kier alpha value is -2.59. The molecular formula is C21H27F3N6O. The first-order valence-electron chi connectivity index (χ1n) is 10.5. The van der Waals surface area contributed by atoms with Gasteiger partial charge in [-0.3, -0.25) is 0 Å². The summed E-state index contributed by atoms with van der Waals surface area (Å²) in [6.07, 6.45) is -0.710. The SMILES string of the molecule is N[C@H]1CC[C@H](Nc2nc(Nc3ccc(N4CCOCC4)cc3)ncc2C(F)(F)F)CC1. The second kappa shape index (κ2) is 9.27. The van der Waals surface area contributed by atoms with E-state index in [0.717, 1.165) is 37.8 Å². The summed E-state index contributed by atoms with van der Waals surface area (Å²) < 4.78 is 45.8. The van der Waals surface area contributed by atoms with E-state index in [4.69, 9.17) is 10.5 Å². The molecule has 0 atom stereocenters. The lowest BCUT2D eigenvalue weighted by molar-refractivity contribution is -0.137. The number of morpholine rings is 1. The van der Waals surface area contributed by atoms with E-state index in [1.807, 2.05) is 24.3 Å². The monoisotopic (exact) mass is 436 g/mol. The Morgan fingerprint density at radius 3 is 2.35 bits per heavy atom. The van der Waals surface area contributed by atoms with Crippen LogP contribution in [0, 0.1) is 0 Å². The highest BCUT2D eigenvalue weighted by molar-refractivity contribution is 5.61. The first-order chi connectivity index (χ1) is 14.9. The standard InChI is InChI=1S/C21H27F3N6O/c22-21(23,24)18-13-26-20(29-19(18)27-15-3-1-14(25)2-4-15)28-16-5-7-17(8-6-16)30-9-11-31-12-10-30/h5-8,13-15H,1-4,9-12,25H2,(H2,26,27,28,29)/t14-,15-. The molecule has 1 aliphatic carbocycles. The van der Waals surface area contributed by atoms with Crippen LogP contribution in [0.25, 0.3) is 0 Å². The Morgan fingerprint density at radius 2 is 1.71 bits per heavy atom. The quantitative estimate of drug-likeness (QED) is 0.658. The van der Waals surface area contributed by atoms with Crippen LogP contribution in [-0.4, -0.2) is 48.4 Å². The third-order valence-electron chi connectivity index (χ3n) is 5.71. The molecule has 0 radical (unpaired) electrons. The smallest absolute Gasteiger partial charge is 0.378 e. The third-order valence-corrected chi connectivity index (χ3v) is 5.71. The van der Waals surface area contributed by atoms with Crippen LogP contribution in [0.15, 0.2) is 30.5 Å². The molecule has 0 spiro atoms. The van der Waals surface area contributed by atoms with Gasteiger partial charge in [0.2, 0.25) is 5.95 Å². The van der Waals surface area contributed by atoms with Crippen LogP contribution in [0.4, 0.5) is 36.3 Å². The number of rotatable bonds is 5. The number of nitrogens with two attached hydrogens (primary N) is 1. The molecule has 1 aliphatic heterocycles. The molecule has 2 aliphatic rings. The lowest BCUT2D eigenvalue weighted by atomic mass is 9.92. The number of halogens is 3. The van der Waals surface area contributed by atoms with Crippen molar-refractivity contribution in [2.24, 2.45) is 5.73 Å². The van der Waals surface area contributed by atoms with Gasteiger partial charge in [-0.2, -0.15) is 18.2 Å². The zero-order valence-electron chi connectivity index (χ0n) is 17.2. The van der Waals surface area contributed by atoms with Crippen molar-refractivity contribution < 1.29 is 17.9 Å². The first kappa shape index (κ1) is 21.6. The summed E-state index contributed by atoms with van der Waals surface area (Å²) in [5.41, 5.74) is 6.81. The zero-order chi connectivity index (χ0) is 21.8. The molecule has 2 heterocycles. The Balaban J connectivity index is 1.49. The molecule has 0 amide bonds. The normalized spacial score (nSPS) is 22.3. The van der Waals surface area contributed by atoms with E-state index in [9.17, 15) is 13.2 Å². The fraction of sp³-hybridized carbons (Fsp3) is 0.524. The Morgan fingerprint density at radius 1 is 1.03 bits per heavy atom. The second-order valence-electron chi connectivity index (χ2n) is 7.98. The Bertz CT molecular complexity index is 862. The van der Waals surface area contributed by atoms with Crippen molar-refractivity contribution in [2.75, 3.05) is 41.8 Å². The lowest BCUT2D eigenvalue weighted by Crippen LogP contribution is -2.36. The number of anilines is 4. The minimum atomic E-state index is -4.54. The average molecular weight is 436 g/mol. The van der Waals surface area contributed by atoms with Crippen LogP contribution in [0.3, 0.4) is 0 Å². The molecule has 2 aromatic rings. The fourth-order valence-corrected chi connectivity index (χ4v) is 3.92. The summed E-state index contributed by atoms with van der Waals surface area (Å²) in [5, 5.41) is 5.97. The maximum atomic E-state index is 13.5. The Labute approximate surface area is 179 Å². The van der Waals surface area contributed by atoms with Gasteiger partial charge in [0.15, 0.2) is 0 Å². The lowest BCUT2D eigenvalue weighted by Gasteiger charge is -2.29. The van der Waals surface area contributed by atoms with Gasteiger partial charge < -0.3 is 26.0 Å². The summed E-state index contributed by atoms with van der Waals surface area (Å²) in [7, 11) is 0. The molecule has 31 heavy (non-hydrogen) atoms. The topological polar surface area (TPSA) is 88.3 Å². The number of alkyl halides is 3. The summed E-state index contributed by atoms with van der Waals surface area (Å²) >= 11 is 0. The minimum absolute atomic E-state index is 0.0866. The van der Waals surface area contributed by atoms with Crippen LogP contribution in [0.2, 0.25) is 0 Å². The molecule has 2 fully saturated rings. The summed E-state index contributed by atoms with van der Waals surface area (Å²) in [6.45, 7) is 3.05. The summed E-state index contributed by atoms with van der Waals surface area (Å²) in [5.74, 6) is -0.0856. The molecule has 0 unspecified atom stereocenters. The van der Waals surface area contributed by atoms with Crippen LogP contribution < -0.4 is 21.3 Å². The number of ether oxygens (including phenoxy) is 1. The fourth-order valence-electron chi connectivity index (χ4n) is 3.92. The van der Waals surface area contributed by atoms with Crippen molar-refractivity contribution in [3.05, 3.63) is 36.0 Å². The molecule has 1 aromatic carbocycles. The molecule has 0 bridgehead atoms. The molecule has 10 heteroatoms. The van der Waals surface area contributed by atoms with Crippen molar-refractivity contribution in [3.63, 3.8) is 0 Å². The van der Waals surface area contributed by atoms with Crippen molar-refractivity contribution >= 4 is 23.1 Å². The number of hydrogen-bond donors (Lipinski definition) is 3. The number of benzene rings is 1. The average Bonchev–Trinajstić information content (AvgIpc) is 2.76. The van der Waals surface area contributed by atoms with Crippen molar-refractivity contribution in [1.29, 1.82) is 0 Å². The third kappa shape index (κ3) is 5.56.